The van der Waals surface area contributed by atoms with Crippen molar-refractivity contribution in [1.82, 2.24) is 0 Å². The average Bonchev–Trinajstić information content (AvgIpc) is 1.65. The quantitative estimate of drug-likeness (QED) is 0.656. The number of carbonyl (C=O) groups excluding carboxylic acids is 1. The minimum atomic E-state index is -0.118. The highest BCUT2D eigenvalue weighted by Gasteiger charge is 2.04. The molecule has 0 aromatic rings. The third-order valence-electron chi connectivity index (χ3n) is 0.485. The zero-order chi connectivity index (χ0) is 5.86. The minimum absolute atomic E-state index is 0.0862. The van der Waals surface area contributed by atoms with Crippen LogP contribution in [0.3, 0.4) is 0 Å². The molecule has 0 spiro atoms. The Balaban J connectivity index is 3.34. The summed E-state index contributed by atoms with van der Waals surface area (Å²) in [4.78, 5) is 10.1. The second-order valence-electron chi connectivity index (χ2n) is 1.09. The lowest BCUT2D eigenvalue weighted by atomic mass is 10.4. The van der Waals surface area contributed by atoms with E-state index in [1.54, 1.807) is 0 Å². The predicted molar refractivity (Wildman–Crippen MR) is 36.9 cm³/mol. The number of hydrogen-bond acceptors (Lipinski definition) is 1. The summed E-state index contributed by atoms with van der Waals surface area (Å²) in [7, 11) is 0. The maximum atomic E-state index is 10.2. The number of halogens is 2. The molecule has 0 aliphatic heterocycles. The molecule has 0 aliphatic carbocycles. The zero-order valence-electron chi connectivity index (χ0n) is 3.66. The van der Waals surface area contributed by atoms with Crippen molar-refractivity contribution in [2.75, 3.05) is 5.33 Å². The average molecular weight is 229 g/mol. The van der Waals surface area contributed by atoms with Crippen molar-refractivity contribution in [3.63, 3.8) is 0 Å². The first-order chi connectivity index (χ1) is 3.18. The molecule has 1 radical (unpaired) electrons. The third-order valence-corrected chi connectivity index (χ3v) is 2.84. The molecule has 0 bridgehead atoms. The minimum Gasteiger partial charge on any atom is -0.298 e. The van der Waals surface area contributed by atoms with Gasteiger partial charge in [-0.25, -0.2) is 0 Å². The number of hydrogen-bond donors (Lipinski definition) is 0. The van der Waals surface area contributed by atoms with E-state index in [4.69, 9.17) is 0 Å². The molecule has 3 heteroatoms. The summed E-state index contributed by atoms with van der Waals surface area (Å²) in [5.74, 6) is -0.0862. The van der Waals surface area contributed by atoms with E-state index in [1.807, 2.05) is 0 Å². The fourth-order valence-electron chi connectivity index (χ4n) is 0.0861. The summed E-state index contributed by atoms with van der Waals surface area (Å²) in [6.07, 6.45) is 0. The second kappa shape index (κ2) is 3.61. The lowest BCUT2D eigenvalue weighted by Crippen LogP contribution is -2.10. The topological polar surface area (TPSA) is 17.1 Å². The van der Waals surface area contributed by atoms with Gasteiger partial charge in [0.1, 0.15) is 5.78 Å². The van der Waals surface area contributed by atoms with Gasteiger partial charge in [-0.3, -0.25) is 4.79 Å². The third kappa shape index (κ3) is 3.23. The lowest BCUT2D eigenvalue weighted by Gasteiger charge is -1.94. The van der Waals surface area contributed by atoms with E-state index >= 15 is 0 Å². The van der Waals surface area contributed by atoms with Crippen LogP contribution in [0, 0.1) is 6.92 Å². The summed E-state index contributed by atoms with van der Waals surface area (Å²) >= 11 is 6.19. The highest BCUT2D eigenvalue weighted by Crippen LogP contribution is 2.02. The van der Waals surface area contributed by atoms with Crippen molar-refractivity contribution in [3.8, 4) is 0 Å². The Bertz CT molecular complexity index is 72.1. The Kier molecular flexibility index (Phi) is 3.93. The maximum absolute atomic E-state index is 10.2. The van der Waals surface area contributed by atoms with Crippen LogP contribution in [0.15, 0.2) is 0 Å². The van der Waals surface area contributed by atoms with Crippen molar-refractivity contribution in [2.45, 2.75) is 4.83 Å². The molecular formula is C4H5Br2O. The summed E-state index contributed by atoms with van der Waals surface area (Å²) in [6.45, 7) is 3.19. The van der Waals surface area contributed by atoms with Gasteiger partial charge in [-0.05, 0) is 0 Å². The van der Waals surface area contributed by atoms with Crippen molar-refractivity contribution >= 4 is 37.6 Å². The van der Waals surface area contributed by atoms with E-state index in [9.17, 15) is 4.79 Å². The van der Waals surface area contributed by atoms with Crippen LogP contribution in [0.25, 0.3) is 0 Å². The van der Waals surface area contributed by atoms with E-state index in [2.05, 4.69) is 38.8 Å². The molecule has 1 unspecified atom stereocenters. The van der Waals surface area contributed by atoms with E-state index in [0.29, 0.717) is 5.33 Å². The molecule has 7 heavy (non-hydrogen) atoms. The van der Waals surface area contributed by atoms with Crippen molar-refractivity contribution in [1.29, 1.82) is 0 Å². The van der Waals surface area contributed by atoms with Crippen LogP contribution in [0.4, 0.5) is 0 Å². The van der Waals surface area contributed by atoms with Gasteiger partial charge in [0.25, 0.3) is 0 Å². The Hall–Kier alpha value is 0.630. The van der Waals surface area contributed by atoms with E-state index in [1.165, 1.54) is 0 Å². The monoisotopic (exact) mass is 227 g/mol. The van der Waals surface area contributed by atoms with Gasteiger partial charge in [0.2, 0.25) is 0 Å². The summed E-state index contributed by atoms with van der Waals surface area (Å²) in [6, 6.07) is 0. The van der Waals surface area contributed by atoms with Crippen LogP contribution in [0.2, 0.25) is 0 Å². The second-order valence-corrected chi connectivity index (χ2v) is 2.84. The van der Waals surface area contributed by atoms with Crippen LogP contribution in [0.1, 0.15) is 0 Å². The fraction of sp³-hybridized carbons (Fsp3) is 0.500. The SMILES string of the molecule is [CH2]C(=O)C(Br)CBr. The van der Waals surface area contributed by atoms with E-state index < -0.39 is 0 Å². The maximum Gasteiger partial charge on any atom is 0.147 e. The molecule has 0 aliphatic rings. The number of carbonyl (C=O) groups is 1. The van der Waals surface area contributed by atoms with Gasteiger partial charge in [-0.1, -0.05) is 31.9 Å². The number of Topliss-reactive ketones (excluding diaryl/α,β-unsaturated/α-hetero) is 1. The molecule has 0 aromatic carbocycles. The number of ketones is 1. The summed E-state index contributed by atoms with van der Waals surface area (Å²) in [5, 5.41) is 0.634. The van der Waals surface area contributed by atoms with Crippen LogP contribution in [0.5, 0.6) is 0 Å². The largest absolute Gasteiger partial charge is 0.298 e. The molecule has 0 rings (SSSR count). The van der Waals surface area contributed by atoms with Crippen LogP contribution in [-0.2, 0) is 4.79 Å². The normalized spacial score (nSPS) is 13.6. The van der Waals surface area contributed by atoms with E-state index in [0.717, 1.165) is 0 Å². The molecule has 41 valence electrons. The Labute approximate surface area is 59.7 Å². The van der Waals surface area contributed by atoms with Crippen LogP contribution < -0.4 is 0 Å². The van der Waals surface area contributed by atoms with Crippen LogP contribution in [-0.4, -0.2) is 15.9 Å². The smallest absolute Gasteiger partial charge is 0.147 e. The first kappa shape index (κ1) is 7.63. The zero-order valence-corrected chi connectivity index (χ0v) is 6.83. The fourth-order valence-corrected chi connectivity index (χ4v) is 0.447. The van der Waals surface area contributed by atoms with Crippen molar-refractivity contribution in [2.24, 2.45) is 0 Å². The molecule has 0 heterocycles. The standard InChI is InChI=1S/C4H5Br2O/c1-3(7)4(6)2-5/h4H,1-2H2. The lowest BCUT2D eigenvalue weighted by molar-refractivity contribution is -0.113. The summed E-state index contributed by atoms with van der Waals surface area (Å²) < 4.78 is 0. The first-order valence-corrected chi connectivity index (χ1v) is 3.78. The Morgan fingerprint density at radius 3 is 2.29 bits per heavy atom. The molecule has 0 amide bonds. The first-order valence-electron chi connectivity index (χ1n) is 1.74. The highest BCUT2D eigenvalue weighted by atomic mass is 79.9. The van der Waals surface area contributed by atoms with E-state index in [-0.39, 0.29) is 10.6 Å². The van der Waals surface area contributed by atoms with Crippen molar-refractivity contribution < 1.29 is 4.79 Å². The van der Waals surface area contributed by atoms with Gasteiger partial charge in [-0.2, -0.15) is 0 Å². The molecular weight excluding hydrogens is 224 g/mol. The molecule has 1 atom stereocenters. The number of alkyl halides is 2. The van der Waals surface area contributed by atoms with Gasteiger partial charge in [-0.15, -0.1) is 0 Å². The molecule has 0 aromatic heterocycles. The van der Waals surface area contributed by atoms with Gasteiger partial charge >= 0.3 is 0 Å². The van der Waals surface area contributed by atoms with Crippen molar-refractivity contribution in [3.05, 3.63) is 6.92 Å². The molecule has 1 nitrogen and oxygen atoms in total. The Morgan fingerprint density at radius 1 is 1.86 bits per heavy atom. The van der Waals surface area contributed by atoms with Gasteiger partial charge in [0, 0.05) is 12.3 Å². The number of rotatable bonds is 2. The van der Waals surface area contributed by atoms with Gasteiger partial charge in [0.05, 0.1) is 4.83 Å². The van der Waals surface area contributed by atoms with Gasteiger partial charge < -0.3 is 0 Å². The molecule has 0 saturated heterocycles. The Morgan fingerprint density at radius 2 is 2.29 bits per heavy atom. The molecule has 0 N–H and O–H groups in total. The highest BCUT2D eigenvalue weighted by molar-refractivity contribution is 9.12. The van der Waals surface area contributed by atoms with Gasteiger partial charge in [0.15, 0.2) is 0 Å². The summed E-state index contributed by atoms with van der Waals surface area (Å²) in [5.41, 5.74) is 0. The predicted octanol–water partition coefficient (Wildman–Crippen LogP) is 1.55. The molecule has 0 saturated carbocycles. The molecule has 0 fully saturated rings. The van der Waals surface area contributed by atoms with Crippen LogP contribution >= 0.6 is 31.9 Å².